The van der Waals surface area contributed by atoms with Crippen molar-refractivity contribution in [3.8, 4) is 0 Å². The zero-order valence-electron chi connectivity index (χ0n) is 14.9. The van der Waals surface area contributed by atoms with E-state index >= 15 is 0 Å². The topological polar surface area (TPSA) is 117 Å². The van der Waals surface area contributed by atoms with Crippen LogP contribution in [0.15, 0.2) is 60.6 Å². The molecule has 29 heavy (non-hydrogen) atoms. The van der Waals surface area contributed by atoms with Crippen LogP contribution in [0.2, 0.25) is 5.02 Å². The van der Waals surface area contributed by atoms with Crippen molar-refractivity contribution < 1.29 is 28.7 Å². The number of nitrogens with one attached hydrogen (secondary N) is 1. The summed E-state index contributed by atoms with van der Waals surface area (Å²) in [4.78, 5) is 35.4. The third-order valence-electron chi connectivity index (χ3n) is 3.84. The third kappa shape index (κ3) is 5.02. The molecule has 1 atom stereocenters. The molecule has 0 saturated carbocycles. The van der Waals surface area contributed by atoms with E-state index in [1.165, 1.54) is 12.1 Å². The number of carbonyl (C=O) groups is 2. The van der Waals surface area contributed by atoms with E-state index in [1.807, 2.05) is 0 Å². The van der Waals surface area contributed by atoms with Crippen molar-refractivity contribution in [2.45, 2.75) is 6.10 Å². The van der Waals surface area contributed by atoms with Gasteiger partial charge in [0.1, 0.15) is 19.5 Å². The normalized spacial score (nSPS) is 13.9. The third-order valence-corrected chi connectivity index (χ3v) is 4.15. The van der Waals surface area contributed by atoms with E-state index in [1.54, 1.807) is 30.3 Å². The number of esters is 1. The summed E-state index contributed by atoms with van der Waals surface area (Å²) in [5.74, 6) is -1.72. The zero-order valence-corrected chi connectivity index (χ0v) is 15.6. The highest BCUT2D eigenvalue weighted by Gasteiger charge is 2.29. The molecule has 9 nitrogen and oxygen atoms in total. The number of hydrogen-bond acceptors (Lipinski definition) is 7. The number of nitro groups is 1. The molecule has 0 aromatic heterocycles. The predicted octanol–water partition coefficient (Wildman–Crippen LogP) is 3.36. The summed E-state index contributed by atoms with van der Waals surface area (Å²) in [6.07, 6.45) is -0.194. The van der Waals surface area contributed by atoms with Crippen LogP contribution in [0.5, 0.6) is 0 Å². The molecule has 1 amide bonds. The molecule has 2 aromatic carbocycles. The van der Waals surface area contributed by atoms with Crippen molar-refractivity contribution in [1.82, 2.24) is 0 Å². The van der Waals surface area contributed by atoms with Gasteiger partial charge in [0.25, 0.3) is 11.6 Å². The van der Waals surface area contributed by atoms with Crippen molar-refractivity contribution in [2.75, 3.05) is 18.5 Å². The minimum Gasteiger partial charge on any atom is -0.493 e. The first kappa shape index (κ1) is 20.2. The molecular formula is C19H15ClN2O7. The second-order valence-corrected chi connectivity index (χ2v) is 6.22. The molecule has 10 heteroatoms. The lowest BCUT2D eigenvalue weighted by Crippen LogP contribution is -2.27. The lowest BCUT2D eigenvalue weighted by atomic mass is 10.1. The van der Waals surface area contributed by atoms with Crippen LogP contribution in [0.25, 0.3) is 0 Å². The molecule has 1 N–H and O–H groups in total. The van der Waals surface area contributed by atoms with E-state index in [2.05, 4.69) is 5.32 Å². The minimum atomic E-state index is -1.32. The van der Waals surface area contributed by atoms with Crippen molar-refractivity contribution in [3.05, 3.63) is 81.3 Å². The summed E-state index contributed by atoms with van der Waals surface area (Å²) < 4.78 is 15.5. The molecule has 3 rings (SSSR count). The molecule has 150 valence electrons. The first-order chi connectivity index (χ1) is 14.0. The van der Waals surface area contributed by atoms with Crippen LogP contribution in [-0.4, -0.2) is 30.0 Å². The molecule has 0 radical (unpaired) electrons. The molecule has 0 aliphatic carbocycles. The van der Waals surface area contributed by atoms with Gasteiger partial charge in [-0.1, -0.05) is 41.9 Å². The molecule has 0 saturated heterocycles. The monoisotopic (exact) mass is 418 g/mol. The number of anilines is 1. The van der Waals surface area contributed by atoms with Gasteiger partial charge >= 0.3 is 5.97 Å². The number of non-ortho nitro benzene ring substituents is 1. The van der Waals surface area contributed by atoms with Gasteiger partial charge in [-0.15, -0.1) is 0 Å². The largest absolute Gasteiger partial charge is 0.493 e. The Balaban J connectivity index is 1.82. The number of nitro benzene ring substituents is 1. The summed E-state index contributed by atoms with van der Waals surface area (Å²) >= 11 is 6.02. The first-order valence-electron chi connectivity index (χ1n) is 8.41. The van der Waals surface area contributed by atoms with Gasteiger partial charge in [0.15, 0.2) is 0 Å². The molecular weight excluding hydrogens is 404 g/mol. The van der Waals surface area contributed by atoms with Gasteiger partial charge in [-0.05, 0) is 6.07 Å². The van der Waals surface area contributed by atoms with E-state index in [0.29, 0.717) is 12.2 Å². The predicted molar refractivity (Wildman–Crippen MR) is 102 cm³/mol. The number of rotatable bonds is 6. The Morgan fingerprint density at radius 3 is 2.55 bits per heavy atom. The average molecular weight is 419 g/mol. The number of ether oxygens (including phenoxy) is 3. The highest BCUT2D eigenvalue weighted by Crippen LogP contribution is 2.29. The van der Waals surface area contributed by atoms with E-state index in [-0.39, 0.29) is 28.8 Å². The summed E-state index contributed by atoms with van der Waals surface area (Å²) in [6, 6.07) is 11.9. The van der Waals surface area contributed by atoms with Crippen LogP contribution in [0.4, 0.5) is 11.4 Å². The fourth-order valence-electron chi connectivity index (χ4n) is 2.46. The maximum Gasteiger partial charge on any atom is 0.378 e. The van der Waals surface area contributed by atoms with Crippen molar-refractivity contribution >= 4 is 34.9 Å². The van der Waals surface area contributed by atoms with E-state index in [9.17, 15) is 19.7 Å². The quantitative estimate of drug-likeness (QED) is 0.434. The van der Waals surface area contributed by atoms with E-state index in [0.717, 1.165) is 12.3 Å². The lowest BCUT2D eigenvalue weighted by molar-refractivity contribution is -0.384. The molecule has 0 fully saturated rings. The molecule has 1 aliphatic rings. The Labute approximate surface area is 170 Å². The van der Waals surface area contributed by atoms with Gasteiger partial charge in [-0.25, -0.2) is 4.79 Å². The summed E-state index contributed by atoms with van der Waals surface area (Å²) in [7, 11) is 0. The van der Waals surface area contributed by atoms with Crippen LogP contribution in [0, 0.1) is 10.1 Å². The Morgan fingerprint density at radius 1 is 1.17 bits per heavy atom. The van der Waals surface area contributed by atoms with Crippen LogP contribution in [0.3, 0.4) is 0 Å². The van der Waals surface area contributed by atoms with E-state index in [4.69, 9.17) is 25.8 Å². The van der Waals surface area contributed by atoms with Crippen molar-refractivity contribution in [3.63, 3.8) is 0 Å². The molecule has 0 bridgehead atoms. The highest BCUT2D eigenvalue weighted by molar-refractivity contribution is 6.34. The number of nitrogens with zero attached hydrogens (tertiary/aromatic N) is 1. The fraction of sp³-hybridized carbons (Fsp3) is 0.158. The van der Waals surface area contributed by atoms with Gasteiger partial charge in [0.05, 0.1) is 15.6 Å². The standard InChI is InChI=1S/C19H15ClN2O7/c20-14-10-13(22(25)26)6-7-15(14)21-18(23)17(12-4-2-1-3-5-12)29-19(24)16-11-27-8-9-28-16/h1-7,10-11,17H,8-9H2,(H,21,23)/t17-/m1/s1. The smallest absolute Gasteiger partial charge is 0.378 e. The van der Waals surface area contributed by atoms with Gasteiger partial charge in [-0.2, -0.15) is 0 Å². The number of amides is 1. The number of hydrogen-bond donors (Lipinski definition) is 1. The Kier molecular flexibility index (Phi) is 6.30. The summed E-state index contributed by atoms with van der Waals surface area (Å²) in [5, 5.41) is 13.3. The second kappa shape index (κ2) is 9.07. The summed E-state index contributed by atoms with van der Waals surface area (Å²) in [5.41, 5.74) is 0.324. The molecule has 2 aromatic rings. The van der Waals surface area contributed by atoms with Crippen LogP contribution in [-0.2, 0) is 23.8 Å². The fourth-order valence-corrected chi connectivity index (χ4v) is 2.68. The molecule has 0 unspecified atom stereocenters. The van der Waals surface area contributed by atoms with Gasteiger partial charge in [-0.3, -0.25) is 14.9 Å². The maximum atomic E-state index is 12.8. The number of benzene rings is 2. The average Bonchev–Trinajstić information content (AvgIpc) is 2.74. The van der Waals surface area contributed by atoms with Gasteiger partial charge < -0.3 is 19.5 Å². The van der Waals surface area contributed by atoms with Gasteiger partial charge in [0.2, 0.25) is 11.9 Å². The number of carbonyl (C=O) groups excluding carboxylic acids is 2. The SMILES string of the molecule is O=C(O[C@@H](C(=O)Nc1ccc([N+](=O)[O-])cc1Cl)c1ccccc1)C1=COCCO1. The van der Waals surface area contributed by atoms with Crippen LogP contribution < -0.4 is 5.32 Å². The maximum absolute atomic E-state index is 12.8. The van der Waals surface area contributed by atoms with Gasteiger partial charge in [0, 0.05) is 17.7 Å². The Morgan fingerprint density at radius 2 is 1.93 bits per heavy atom. The first-order valence-corrected chi connectivity index (χ1v) is 8.79. The van der Waals surface area contributed by atoms with E-state index < -0.39 is 22.9 Å². The zero-order chi connectivity index (χ0) is 20.8. The summed E-state index contributed by atoms with van der Waals surface area (Å²) in [6.45, 7) is 0.486. The molecule has 1 aliphatic heterocycles. The number of halogens is 1. The van der Waals surface area contributed by atoms with Crippen molar-refractivity contribution in [1.29, 1.82) is 0 Å². The van der Waals surface area contributed by atoms with Crippen LogP contribution >= 0.6 is 11.6 Å². The minimum absolute atomic E-state index is 0.0302. The highest BCUT2D eigenvalue weighted by atomic mass is 35.5. The van der Waals surface area contributed by atoms with Crippen LogP contribution in [0.1, 0.15) is 11.7 Å². The second-order valence-electron chi connectivity index (χ2n) is 5.81. The van der Waals surface area contributed by atoms with Crippen molar-refractivity contribution in [2.24, 2.45) is 0 Å². The Bertz CT molecular complexity index is 962. The molecule has 0 spiro atoms. The molecule has 1 heterocycles. The Hall–Kier alpha value is -3.59. The lowest BCUT2D eigenvalue weighted by Gasteiger charge is -2.20.